The highest BCUT2D eigenvalue weighted by molar-refractivity contribution is 5.98. The predicted molar refractivity (Wildman–Crippen MR) is 129 cm³/mol. The summed E-state index contributed by atoms with van der Waals surface area (Å²) >= 11 is 0. The number of hydrogen-bond donors (Lipinski definition) is 2. The van der Waals surface area contributed by atoms with Crippen LogP contribution in [-0.2, 0) is 13.0 Å². The van der Waals surface area contributed by atoms with Gasteiger partial charge in [-0.2, -0.15) is 4.98 Å². The van der Waals surface area contributed by atoms with Gasteiger partial charge in [0.1, 0.15) is 11.6 Å². The van der Waals surface area contributed by atoms with Crippen molar-refractivity contribution < 1.29 is 4.39 Å². The topological polar surface area (TPSA) is 81.7 Å². The summed E-state index contributed by atoms with van der Waals surface area (Å²) in [4.78, 5) is 9.31. The number of benzene rings is 3. The number of fused-ring (bicyclic) bond motifs is 1. The molecule has 5 aromatic rings. The highest BCUT2D eigenvalue weighted by atomic mass is 19.1. The van der Waals surface area contributed by atoms with Crippen molar-refractivity contribution in [3.05, 3.63) is 102 Å². The van der Waals surface area contributed by atoms with Crippen LogP contribution in [0.3, 0.4) is 0 Å². The standard InChI is InChI=1S/C26H23FN6/c27-21-13-7-12-20(16-21)23-22-24(28)33(17-19-10-5-2-6-11-19)32-25(22)31-26(30-23)29-15-14-18-8-3-1-4-9-18/h1-13,16H,14-15,17,28H2,(H,29,31,32). The third-order valence-electron chi connectivity index (χ3n) is 5.45. The SMILES string of the molecule is Nc1c2c(-c3cccc(F)c3)nc(NCCc3ccccc3)nc2nn1Cc1ccccc1. The van der Waals surface area contributed by atoms with Gasteiger partial charge in [-0.25, -0.2) is 14.1 Å². The molecule has 0 saturated heterocycles. The van der Waals surface area contributed by atoms with Gasteiger partial charge in [-0.15, -0.1) is 5.10 Å². The van der Waals surface area contributed by atoms with Gasteiger partial charge in [0.15, 0.2) is 5.65 Å². The number of rotatable bonds is 7. The Bertz CT molecular complexity index is 1380. The van der Waals surface area contributed by atoms with Crippen LogP contribution in [0, 0.1) is 5.82 Å². The lowest BCUT2D eigenvalue weighted by Gasteiger charge is -2.09. The van der Waals surface area contributed by atoms with Crippen molar-refractivity contribution in [3.8, 4) is 11.3 Å². The second-order valence-corrected chi connectivity index (χ2v) is 7.80. The van der Waals surface area contributed by atoms with Gasteiger partial charge in [0.25, 0.3) is 0 Å². The molecule has 33 heavy (non-hydrogen) atoms. The van der Waals surface area contributed by atoms with E-state index < -0.39 is 0 Å². The fourth-order valence-corrected chi connectivity index (χ4v) is 3.82. The number of nitrogens with two attached hydrogens (primary N) is 1. The molecule has 2 heterocycles. The summed E-state index contributed by atoms with van der Waals surface area (Å²) in [6.45, 7) is 1.15. The fraction of sp³-hybridized carbons (Fsp3) is 0.115. The predicted octanol–water partition coefficient (Wildman–Crippen LogP) is 4.92. The molecule has 0 bridgehead atoms. The van der Waals surface area contributed by atoms with Crippen molar-refractivity contribution in [2.24, 2.45) is 0 Å². The highest BCUT2D eigenvalue weighted by Gasteiger charge is 2.19. The zero-order valence-corrected chi connectivity index (χ0v) is 17.9. The van der Waals surface area contributed by atoms with Crippen molar-refractivity contribution in [3.63, 3.8) is 0 Å². The van der Waals surface area contributed by atoms with Crippen molar-refractivity contribution in [2.75, 3.05) is 17.6 Å². The van der Waals surface area contributed by atoms with Crippen LogP contribution in [0.2, 0.25) is 0 Å². The Morgan fingerprint density at radius 2 is 1.58 bits per heavy atom. The van der Waals surface area contributed by atoms with E-state index >= 15 is 0 Å². The summed E-state index contributed by atoms with van der Waals surface area (Å²) in [6.07, 6.45) is 0.822. The first-order valence-corrected chi connectivity index (χ1v) is 10.8. The third kappa shape index (κ3) is 4.52. The molecule has 0 fully saturated rings. The smallest absolute Gasteiger partial charge is 0.225 e. The first kappa shape index (κ1) is 20.6. The minimum Gasteiger partial charge on any atom is -0.383 e. The Morgan fingerprint density at radius 3 is 2.30 bits per heavy atom. The van der Waals surface area contributed by atoms with Crippen molar-refractivity contribution >= 4 is 22.8 Å². The number of nitrogen functional groups attached to an aromatic ring is 1. The van der Waals surface area contributed by atoms with Crippen LogP contribution >= 0.6 is 0 Å². The molecule has 0 unspecified atom stereocenters. The van der Waals surface area contributed by atoms with E-state index in [1.807, 2.05) is 54.6 Å². The Morgan fingerprint density at radius 1 is 0.848 bits per heavy atom. The minimum atomic E-state index is -0.340. The van der Waals surface area contributed by atoms with Gasteiger partial charge >= 0.3 is 0 Å². The summed E-state index contributed by atoms with van der Waals surface area (Å²) in [5.41, 5.74) is 10.4. The highest BCUT2D eigenvalue weighted by Crippen LogP contribution is 2.32. The molecule has 6 nitrogen and oxygen atoms in total. The maximum atomic E-state index is 14.0. The number of aromatic nitrogens is 4. The average molecular weight is 439 g/mol. The first-order valence-electron chi connectivity index (χ1n) is 10.8. The Hall–Kier alpha value is -4.26. The van der Waals surface area contributed by atoms with Crippen LogP contribution in [0.25, 0.3) is 22.3 Å². The molecule has 2 aromatic heterocycles. The Balaban J connectivity index is 1.53. The molecule has 0 aliphatic carbocycles. The van der Waals surface area contributed by atoms with E-state index in [1.54, 1.807) is 10.7 Å². The van der Waals surface area contributed by atoms with Crippen LogP contribution < -0.4 is 11.1 Å². The van der Waals surface area contributed by atoms with Crippen LogP contribution in [-0.4, -0.2) is 26.3 Å². The number of nitrogens with one attached hydrogen (secondary N) is 1. The van der Waals surface area contributed by atoms with E-state index in [1.165, 1.54) is 17.7 Å². The number of anilines is 2. The number of nitrogens with zero attached hydrogens (tertiary/aromatic N) is 4. The molecule has 0 aliphatic rings. The molecule has 164 valence electrons. The molecule has 3 aromatic carbocycles. The quantitative estimate of drug-likeness (QED) is 0.377. The van der Waals surface area contributed by atoms with E-state index in [-0.39, 0.29) is 5.82 Å². The van der Waals surface area contributed by atoms with Crippen LogP contribution in [0.4, 0.5) is 16.2 Å². The molecule has 7 heteroatoms. The maximum Gasteiger partial charge on any atom is 0.225 e. The molecule has 0 atom stereocenters. The molecule has 5 rings (SSSR count). The maximum absolute atomic E-state index is 14.0. The molecule has 0 amide bonds. The summed E-state index contributed by atoms with van der Waals surface area (Å²) in [5, 5.41) is 8.55. The minimum absolute atomic E-state index is 0.340. The molecule has 0 aliphatic heterocycles. The second-order valence-electron chi connectivity index (χ2n) is 7.80. The molecule has 0 spiro atoms. The Labute approximate surface area is 190 Å². The van der Waals surface area contributed by atoms with Gasteiger partial charge < -0.3 is 11.1 Å². The van der Waals surface area contributed by atoms with Crippen LogP contribution in [0.15, 0.2) is 84.9 Å². The molecule has 3 N–H and O–H groups in total. The van der Waals surface area contributed by atoms with E-state index in [2.05, 4.69) is 27.5 Å². The van der Waals surface area contributed by atoms with E-state index in [0.717, 1.165) is 12.0 Å². The number of hydrogen-bond acceptors (Lipinski definition) is 5. The molecule has 0 saturated carbocycles. The summed E-state index contributed by atoms with van der Waals surface area (Å²) < 4.78 is 15.7. The normalized spacial score (nSPS) is 11.1. The van der Waals surface area contributed by atoms with Gasteiger partial charge in [-0.1, -0.05) is 72.8 Å². The third-order valence-corrected chi connectivity index (χ3v) is 5.45. The van der Waals surface area contributed by atoms with Crippen LogP contribution in [0.5, 0.6) is 0 Å². The van der Waals surface area contributed by atoms with E-state index in [4.69, 9.17) is 10.7 Å². The zero-order valence-electron chi connectivity index (χ0n) is 17.9. The van der Waals surface area contributed by atoms with E-state index in [9.17, 15) is 4.39 Å². The van der Waals surface area contributed by atoms with Crippen LogP contribution in [0.1, 0.15) is 11.1 Å². The second kappa shape index (κ2) is 9.08. The van der Waals surface area contributed by atoms with Gasteiger partial charge in [0, 0.05) is 12.1 Å². The van der Waals surface area contributed by atoms with E-state index in [0.29, 0.717) is 47.1 Å². The summed E-state index contributed by atoms with van der Waals surface area (Å²) in [6, 6.07) is 26.5. The lowest BCUT2D eigenvalue weighted by molar-refractivity contribution is 0.628. The molecular weight excluding hydrogens is 415 g/mol. The molecular formula is C26H23FN6. The van der Waals surface area contributed by atoms with Gasteiger partial charge in [0.2, 0.25) is 5.95 Å². The van der Waals surface area contributed by atoms with Crippen molar-refractivity contribution in [1.29, 1.82) is 0 Å². The fourth-order valence-electron chi connectivity index (χ4n) is 3.82. The Kier molecular flexibility index (Phi) is 5.68. The van der Waals surface area contributed by atoms with Crippen molar-refractivity contribution in [1.82, 2.24) is 19.7 Å². The summed E-state index contributed by atoms with van der Waals surface area (Å²) in [5.74, 6) is 0.541. The largest absolute Gasteiger partial charge is 0.383 e. The van der Waals surface area contributed by atoms with Gasteiger partial charge in [0.05, 0.1) is 17.6 Å². The lowest BCUT2D eigenvalue weighted by Crippen LogP contribution is -2.08. The number of halogens is 1. The van der Waals surface area contributed by atoms with Gasteiger partial charge in [-0.05, 0) is 29.7 Å². The van der Waals surface area contributed by atoms with Gasteiger partial charge in [-0.3, -0.25) is 0 Å². The monoisotopic (exact) mass is 438 g/mol. The lowest BCUT2D eigenvalue weighted by atomic mass is 10.1. The molecule has 0 radical (unpaired) electrons. The first-order chi connectivity index (χ1) is 16.2. The van der Waals surface area contributed by atoms with Crippen molar-refractivity contribution in [2.45, 2.75) is 13.0 Å². The summed E-state index contributed by atoms with van der Waals surface area (Å²) in [7, 11) is 0. The zero-order chi connectivity index (χ0) is 22.6. The average Bonchev–Trinajstić information content (AvgIpc) is 3.15.